The van der Waals surface area contributed by atoms with Crippen molar-refractivity contribution in [3.8, 4) is 0 Å². The third kappa shape index (κ3) is 4.26. The van der Waals surface area contributed by atoms with E-state index in [2.05, 4.69) is 0 Å². The predicted molar refractivity (Wildman–Crippen MR) is 94.6 cm³/mol. The zero-order valence-corrected chi connectivity index (χ0v) is 15.2. The van der Waals surface area contributed by atoms with E-state index in [-0.39, 0.29) is 29.2 Å². The maximum atomic E-state index is 12.2. The summed E-state index contributed by atoms with van der Waals surface area (Å²) in [5.74, 6) is -1.34. The van der Waals surface area contributed by atoms with Crippen molar-refractivity contribution < 1.29 is 18.7 Å². The van der Waals surface area contributed by atoms with Gasteiger partial charge in [0.25, 0.3) is 5.91 Å². The molecule has 0 aliphatic heterocycles. The number of ether oxygens (including phenoxy) is 1. The van der Waals surface area contributed by atoms with Crippen LogP contribution in [0.25, 0.3) is 11.0 Å². The number of fused-ring (bicyclic) bond motifs is 1. The number of hydrogen-bond acceptors (Lipinski definition) is 5. The van der Waals surface area contributed by atoms with Gasteiger partial charge in [0, 0.05) is 18.2 Å². The summed E-state index contributed by atoms with van der Waals surface area (Å²) in [7, 11) is 0. The molecule has 0 N–H and O–H groups in total. The second kappa shape index (κ2) is 7.51. The molecule has 1 aromatic heterocycles. The molecule has 0 saturated carbocycles. The monoisotopic (exact) mass is 345 g/mol. The molecule has 0 spiro atoms. The summed E-state index contributed by atoms with van der Waals surface area (Å²) >= 11 is 0. The van der Waals surface area contributed by atoms with Gasteiger partial charge in [-0.1, -0.05) is 11.6 Å². The van der Waals surface area contributed by atoms with Gasteiger partial charge in [-0.15, -0.1) is 0 Å². The molecule has 2 aromatic rings. The maximum absolute atomic E-state index is 12.2. The van der Waals surface area contributed by atoms with Gasteiger partial charge in [0.05, 0.1) is 5.39 Å². The zero-order valence-electron chi connectivity index (χ0n) is 15.2. The Balaban J connectivity index is 2.16. The van der Waals surface area contributed by atoms with E-state index < -0.39 is 12.6 Å². The lowest BCUT2D eigenvalue weighted by Gasteiger charge is -2.30. The summed E-state index contributed by atoms with van der Waals surface area (Å²) in [4.78, 5) is 38.2. The zero-order chi connectivity index (χ0) is 18.7. The van der Waals surface area contributed by atoms with Crippen LogP contribution in [0.4, 0.5) is 0 Å². The number of aryl methyl sites for hydroxylation is 1. The fourth-order valence-corrected chi connectivity index (χ4v) is 2.82. The largest absolute Gasteiger partial charge is 0.450 e. The average molecular weight is 345 g/mol. The van der Waals surface area contributed by atoms with Gasteiger partial charge in [0.1, 0.15) is 5.58 Å². The normalized spacial score (nSPS) is 11.2. The summed E-state index contributed by atoms with van der Waals surface area (Å²) in [6.07, 6.45) is 0. The Morgan fingerprint density at radius 1 is 1.12 bits per heavy atom. The lowest BCUT2D eigenvalue weighted by atomic mass is 10.1. The molecule has 0 unspecified atom stereocenters. The minimum absolute atomic E-state index is 0.00644. The first-order valence-corrected chi connectivity index (χ1v) is 8.23. The summed E-state index contributed by atoms with van der Waals surface area (Å²) in [5.41, 5.74) is 0.903. The van der Waals surface area contributed by atoms with Gasteiger partial charge in [-0.3, -0.25) is 9.59 Å². The molecule has 0 radical (unpaired) electrons. The molecule has 1 aromatic carbocycles. The Kier molecular flexibility index (Phi) is 5.62. The van der Waals surface area contributed by atoms with E-state index in [1.54, 1.807) is 23.1 Å². The highest BCUT2D eigenvalue weighted by molar-refractivity contribution is 5.90. The lowest BCUT2D eigenvalue weighted by Crippen LogP contribution is -2.44. The van der Waals surface area contributed by atoms with Gasteiger partial charge in [-0.25, -0.2) is 4.79 Å². The van der Waals surface area contributed by atoms with E-state index >= 15 is 0 Å². The molecule has 0 bridgehead atoms. The molecule has 0 aliphatic carbocycles. The van der Waals surface area contributed by atoms with E-state index in [4.69, 9.17) is 9.15 Å². The quantitative estimate of drug-likeness (QED) is 0.779. The Morgan fingerprint density at radius 2 is 1.76 bits per heavy atom. The van der Waals surface area contributed by atoms with Crippen LogP contribution in [-0.2, 0) is 9.53 Å². The van der Waals surface area contributed by atoms with Crippen LogP contribution < -0.4 is 5.43 Å². The third-order valence-corrected chi connectivity index (χ3v) is 3.81. The fraction of sp³-hybridized carbons (Fsp3) is 0.421. The summed E-state index contributed by atoms with van der Waals surface area (Å²) in [6, 6.07) is 6.20. The number of carbonyl (C=O) groups excluding carboxylic acids is 2. The van der Waals surface area contributed by atoms with Crippen LogP contribution in [0.1, 0.15) is 43.8 Å². The van der Waals surface area contributed by atoms with Crippen LogP contribution in [0.2, 0.25) is 0 Å². The number of carbonyl (C=O) groups is 2. The van der Waals surface area contributed by atoms with Crippen molar-refractivity contribution >= 4 is 22.8 Å². The maximum Gasteiger partial charge on any atom is 0.374 e. The number of hydrogen-bond donors (Lipinski definition) is 0. The summed E-state index contributed by atoms with van der Waals surface area (Å²) in [6.45, 7) is 9.04. The molecule has 0 saturated heterocycles. The number of amides is 1. The summed E-state index contributed by atoms with van der Waals surface area (Å²) in [5, 5.41) is 0.401. The second-order valence-corrected chi connectivity index (χ2v) is 6.54. The van der Waals surface area contributed by atoms with Gasteiger partial charge in [-0.05, 0) is 46.8 Å². The highest BCUT2D eigenvalue weighted by atomic mass is 16.5. The molecule has 1 heterocycles. The van der Waals surface area contributed by atoms with E-state index in [9.17, 15) is 14.4 Å². The average Bonchev–Trinajstić information content (AvgIpc) is 2.52. The Hall–Kier alpha value is -2.63. The van der Waals surface area contributed by atoms with Crippen LogP contribution in [0.3, 0.4) is 0 Å². The molecule has 134 valence electrons. The van der Waals surface area contributed by atoms with Crippen LogP contribution in [0, 0.1) is 6.92 Å². The molecule has 0 aliphatic rings. The number of esters is 1. The smallest absolute Gasteiger partial charge is 0.374 e. The standard InChI is InChI=1S/C19H23NO5/c1-11(2)20(12(3)4)18(22)10-24-19(23)17-9-15(21)14-8-13(5)6-7-16(14)25-17/h6-9,11-12H,10H2,1-5H3. The van der Waals surface area contributed by atoms with Crippen molar-refractivity contribution in [3.63, 3.8) is 0 Å². The first-order chi connectivity index (χ1) is 11.7. The van der Waals surface area contributed by atoms with E-state index in [0.717, 1.165) is 11.6 Å². The second-order valence-electron chi connectivity index (χ2n) is 6.54. The number of benzene rings is 1. The van der Waals surface area contributed by atoms with Gasteiger partial charge >= 0.3 is 5.97 Å². The van der Waals surface area contributed by atoms with Crippen molar-refractivity contribution in [2.24, 2.45) is 0 Å². The molecule has 1 amide bonds. The molecular formula is C19H23NO5. The van der Waals surface area contributed by atoms with Gasteiger partial charge in [0.15, 0.2) is 12.0 Å². The molecule has 2 rings (SSSR count). The first-order valence-electron chi connectivity index (χ1n) is 8.23. The SMILES string of the molecule is Cc1ccc2oc(C(=O)OCC(=O)N(C(C)C)C(C)C)cc(=O)c2c1. The minimum atomic E-state index is -0.833. The van der Waals surface area contributed by atoms with E-state index in [0.29, 0.717) is 11.0 Å². The van der Waals surface area contributed by atoms with E-state index in [1.165, 1.54) is 0 Å². The fourth-order valence-electron chi connectivity index (χ4n) is 2.82. The van der Waals surface area contributed by atoms with E-state index in [1.807, 2.05) is 34.6 Å². The molecular weight excluding hydrogens is 322 g/mol. The molecule has 0 fully saturated rings. The van der Waals surface area contributed by atoms with Crippen LogP contribution in [0.15, 0.2) is 33.5 Å². The first kappa shape index (κ1) is 18.7. The molecule has 0 atom stereocenters. The van der Waals surface area contributed by atoms with Crippen molar-refractivity contribution in [3.05, 3.63) is 45.8 Å². The third-order valence-electron chi connectivity index (χ3n) is 3.81. The number of rotatable bonds is 5. The van der Waals surface area contributed by atoms with Gasteiger partial charge in [0.2, 0.25) is 5.76 Å². The van der Waals surface area contributed by atoms with Crippen molar-refractivity contribution in [1.82, 2.24) is 4.90 Å². The topological polar surface area (TPSA) is 76.8 Å². The Morgan fingerprint density at radius 3 is 2.36 bits per heavy atom. The highest BCUT2D eigenvalue weighted by Gasteiger charge is 2.22. The highest BCUT2D eigenvalue weighted by Crippen LogP contribution is 2.15. The van der Waals surface area contributed by atoms with Crippen LogP contribution in [0.5, 0.6) is 0 Å². The van der Waals surface area contributed by atoms with Crippen LogP contribution in [-0.4, -0.2) is 35.5 Å². The molecule has 25 heavy (non-hydrogen) atoms. The Bertz CT molecular complexity index is 843. The molecule has 6 heteroatoms. The van der Waals surface area contributed by atoms with Crippen molar-refractivity contribution in [2.45, 2.75) is 46.7 Å². The molecule has 6 nitrogen and oxygen atoms in total. The van der Waals surface area contributed by atoms with Gasteiger partial charge < -0.3 is 14.1 Å². The minimum Gasteiger partial charge on any atom is -0.450 e. The van der Waals surface area contributed by atoms with Crippen molar-refractivity contribution in [1.29, 1.82) is 0 Å². The van der Waals surface area contributed by atoms with Crippen LogP contribution >= 0.6 is 0 Å². The Labute approximate surface area is 146 Å². The lowest BCUT2D eigenvalue weighted by molar-refractivity contribution is -0.138. The van der Waals surface area contributed by atoms with Gasteiger partial charge in [-0.2, -0.15) is 0 Å². The summed E-state index contributed by atoms with van der Waals surface area (Å²) < 4.78 is 10.5. The van der Waals surface area contributed by atoms with Crippen molar-refractivity contribution in [2.75, 3.05) is 6.61 Å². The predicted octanol–water partition coefficient (Wildman–Crippen LogP) is 2.90. The number of nitrogens with zero attached hydrogens (tertiary/aromatic N) is 1.